The third-order valence-corrected chi connectivity index (χ3v) is 4.28. The third-order valence-electron chi connectivity index (χ3n) is 4.28. The van der Waals surface area contributed by atoms with E-state index in [2.05, 4.69) is 25.8 Å². The fraction of sp³-hybridized carbons (Fsp3) is 0.474. The summed E-state index contributed by atoms with van der Waals surface area (Å²) in [5.74, 6) is 2.05. The molecule has 0 aliphatic heterocycles. The Morgan fingerprint density at radius 3 is 2.78 bits per heavy atom. The van der Waals surface area contributed by atoms with E-state index in [9.17, 15) is 9.90 Å². The van der Waals surface area contributed by atoms with Crippen molar-refractivity contribution in [2.24, 2.45) is 5.92 Å². The second-order valence-corrected chi connectivity index (χ2v) is 7.12. The zero-order chi connectivity index (χ0) is 19.4. The molecule has 8 heteroatoms. The van der Waals surface area contributed by atoms with Crippen molar-refractivity contribution in [2.45, 2.75) is 40.0 Å². The maximum atomic E-state index is 11.6. The molecule has 0 bridgehead atoms. The van der Waals surface area contributed by atoms with E-state index in [-0.39, 0.29) is 11.7 Å². The number of carbonyl (C=O) groups excluding carboxylic acids is 1. The third kappa shape index (κ3) is 4.45. The Hall–Kier alpha value is -2.90. The number of unbranched alkanes of at least 4 members (excludes halogenated alkanes) is 1. The number of phenols is 1. The molecule has 0 fully saturated rings. The molecule has 0 aliphatic rings. The highest BCUT2D eigenvalue weighted by atomic mass is 16.3. The summed E-state index contributed by atoms with van der Waals surface area (Å²) in [6.45, 7) is 7.33. The monoisotopic (exact) mass is 370 g/mol. The van der Waals surface area contributed by atoms with Gasteiger partial charge in [-0.25, -0.2) is 4.98 Å². The molecular weight excluding hydrogens is 344 g/mol. The Morgan fingerprint density at radius 1 is 1.22 bits per heavy atom. The summed E-state index contributed by atoms with van der Waals surface area (Å²) in [6.07, 6.45) is 2.34. The van der Waals surface area contributed by atoms with Gasteiger partial charge in [0.2, 0.25) is 11.6 Å². The molecule has 0 radical (unpaired) electrons. The van der Waals surface area contributed by atoms with Gasteiger partial charge in [-0.05, 0) is 37.8 Å². The van der Waals surface area contributed by atoms with Crippen LogP contribution in [0.3, 0.4) is 0 Å². The summed E-state index contributed by atoms with van der Waals surface area (Å²) >= 11 is 0. The van der Waals surface area contributed by atoms with Crippen molar-refractivity contribution in [2.75, 3.05) is 18.4 Å². The summed E-state index contributed by atoms with van der Waals surface area (Å²) in [4.78, 5) is 16.2. The first-order valence-corrected chi connectivity index (χ1v) is 9.30. The number of aryl methyl sites for hydroxylation is 1. The Labute approximate surface area is 158 Å². The van der Waals surface area contributed by atoms with Crippen molar-refractivity contribution >= 4 is 28.4 Å². The first-order chi connectivity index (χ1) is 13.0. The van der Waals surface area contributed by atoms with Gasteiger partial charge in [0.05, 0.1) is 11.0 Å². The number of hydrogen-bond acceptors (Lipinski definition) is 6. The fourth-order valence-electron chi connectivity index (χ4n) is 3.01. The maximum Gasteiger partial charge on any atom is 0.220 e. The van der Waals surface area contributed by atoms with Crippen molar-refractivity contribution in [1.29, 1.82) is 0 Å². The number of amides is 1. The Balaban J connectivity index is 1.62. The van der Waals surface area contributed by atoms with E-state index < -0.39 is 0 Å². The normalized spacial score (nSPS) is 11.4. The number of hydrogen-bond donors (Lipinski definition) is 3. The number of aromatic nitrogens is 4. The van der Waals surface area contributed by atoms with E-state index in [1.54, 1.807) is 12.1 Å². The van der Waals surface area contributed by atoms with Crippen molar-refractivity contribution in [3.8, 4) is 5.75 Å². The molecule has 0 aliphatic carbocycles. The number of aromatic hydroxyl groups is 1. The fourth-order valence-corrected chi connectivity index (χ4v) is 3.01. The van der Waals surface area contributed by atoms with Crippen LogP contribution in [0.15, 0.2) is 18.2 Å². The second kappa shape index (κ2) is 8.20. The van der Waals surface area contributed by atoms with Crippen LogP contribution in [0.4, 0.5) is 5.82 Å². The average Bonchev–Trinajstić information content (AvgIpc) is 2.99. The highest BCUT2D eigenvalue weighted by Gasteiger charge is 2.13. The number of nitrogens with zero attached hydrogens (tertiary/aromatic N) is 4. The Morgan fingerprint density at radius 2 is 2.00 bits per heavy atom. The number of anilines is 1. The van der Waals surface area contributed by atoms with Crippen molar-refractivity contribution < 1.29 is 9.90 Å². The summed E-state index contributed by atoms with van der Waals surface area (Å²) in [5, 5.41) is 24.4. The van der Waals surface area contributed by atoms with Gasteiger partial charge >= 0.3 is 0 Å². The smallest absolute Gasteiger partial charge is 0.220 e. The SMILES string of the molecule is Cc1nnc2c(NCCCCNC(=O)CC(C)C)nc3cc(O)ccc3n12. The molecule has 0 atom stereocenters. The molecule has 144 valence electrons. The minimum absolute atomic E-state index is 0.106. The predicted octanol–water partition coefficient (Wildman–Crippen LogP) is 2.65. The molecule has 1 aromatic carbocycles. The molecule has 0 spiro atoms. The summed E-state index contributed by atoms with van der Waals surface area (Å²) in [6, 6.07) is 5.07. The number of phenolic OH excluding ortho intramolecular Hbond substituents is 1. The van der Waals surface area contributed by atoms with Crippen LogP contribution in [0.25, 0.3) is 16.7 Å². The van der Waals surface area contributed by atoms with Crippen LogP contribution >= 0.6 is 0 Å². The molecule has 0 unspecified atom stereocenters. The molecule has 3 N–H and O–H groups in total. The predicted molar refractivity (Wildman–Crippen MR) is 105 cm³/mol. The standard InChI is InChI=1S/C19H26N6O2/c1-12(2)10-17(27)20-8-4-5-9-21-18-19-24-23-13(3)25(19)16-7-6-14(26)11-15(16)22-18/h6-7,11-12,26H,4-5,8-10H2,1-3H3,(H,20,27)(H,21,22). The van der Waals surface area contributed by atoms with Gasteiger partial charge in [-0.1, -0.05) is 13.8 Å². The van der Waals surface area contributed by atoms with E-state index in [0.29, 0.717) is 42.4 Å². The van der Waals surface area contributed by atoms with Gasteiger partial charge in [-0.15, -0.1) is 10.2 Å². The van der Waals surface area contributed by atoms with Gasteiger partial charge in [-0.2, -0.15) is 0 Å². The van der Waals surface area contributed by atoms with E-state index in [0.717, 1.165) is 24.2 Å². The van der Waals surface area contributed by atoms with Gasteiger partial charge in [0.15, 0.2) is 5.82 Å². The Kier molecular flexibility index (Phi) is 5.73. The van der Waals surface area contributed by atoms with Gasteiger partial charge in [0, 0.05) is 25.6 Å². The zero-order valence-electron chi connectivity index (χ0n) is 16.0. The van der Waals surface area contributed by atoms with Gasteiger partial charge < -0.3 is 15.7 Å². The zero-order valence-corrected chi connectivity index (χ0v) is 16.0. The van der Waals surface area contributed by atoms with Crippen LogP contribution in [0, 0.1) is 12.8 Å². The lowest BCUT2D eigenvalue weighted by atomic mass is 10.1. The summed E-state index contributed by atoms with van der Waals surface area (Å²) < 4.78 is 1.93. The topological polar surface area (TPSA) is 104 Å². The Bertz CT molecular complexity index is 950. The van der Waals surface area contributed by atoms with Crippen molar-refractivity contribution in [3.05, 3.63) is 24.0 Å². The summed E-state index contributed by atoms with van der Waals surface area (Å²) in [5.41, 5.74) is 2.19. The molecule has 27 heavy (non-hydrogen) atoms. The largest absolute Gasteiger partial charge is 0.508 e. The van der Waals surface area contributed by atoms with Crippen LogP contribution in [0.1, 0.15) is 38.9 Å². The van der Waals surface area contributed by atoms with Crippen LogP contribution in [-0.2, 0) is 4.79 Å². The number of nitrogens with one attached hydrogen (secondary N) is 2. The first kappa shape index (κ1) is 18.9. The molecule has 1 amide bonds. The second-order valence-electron chi connectivity index (χ2n) is 7.12. The molecule has 2 aromatic heterocycles. The molecule has 8 nitrogen and oxygen atoms in total. The van der Waals surface area contributed by atoms with Crippen molar-refractivity contribution in [3.63, 3.8) is 0 Å². The van der Waals surface area contributed by atoms with E-state index in [1.165, 1.54) is 0 Å². The average molecular weight is 370 g/mol. The van der Waals surface area contributed by atoms with Crippen molar-refractivity contribution in [1.82, 2.24) is 24.9 Å². The maximum absolute atomic E-state index is 11.6. The number of carbonyl (C=O) groups is 1. The van der Waals surface area contributed by atoms with Crippen LogP contribution in [-0.4, -0.2) is 43.7 Å². The first-order valence-electron chi connectivity index (χ1n) is 9.30. The van der Waals surface area contributed by atoms with Gasteiger partial charge in [0.25, 0.3) is 0 Å². The number of benzene rings is 1. The molecular formula is C19H26N6O2. The molecule has 0 saturated carbocycles. The minimum Gasteiger partial charge on any atom is -0.508 e. The lowest BCUT2D eigenvalue weighted by Gasteiger charge is -2.10. The highest BCUT2D eigenvalue weighted by Crippen LogP contribution is 2.24. The molecule has 0 saturated heterocycles. The highest BCUT2D eigenvalue weighted by molar-refractivity contribution is 5.84. The lowest BCUT2D eigenvalue weighted by Crippen LogP contribution is -2.25. The lowest BCUT2D eigenvalue weighted by molar-refractivity contribution is -0.121. The van der Waals surface area contributed by atoms with Crippen LogP contribution < -0.4 is 10.6 Å². The van der Waals surface area contributed by atoms with Gasteiger partial charge in [-0.3, -0.25) is 9.20 Å². The quantitative estimate of drug-likeness (QED) is 0.527. The van der Waals surface area contributed by atoms with E-state index >= 15 is 0 Å². The molecule has 3 rings (SSSR count). The van der Waals surface area contributed by atoms with Crippen LogP contribution in [0.5, 0.6) is 5.75 Å². The number of fused-ring (bicyclic) bond motifs is 3. The summed E-state index contributed by atoms with van der Waals surface area (Å²) in [7, 11) is 0. The number of rotatable bonds is 8. The van der Waals surface area contributed by atoms with E-state index in [1.807, 2.05) is 31.2 Å². The molecule has 2 heterocycles. The molecule has 3 aromatic rings. The van der Waals surface area contributed by atoms with Gasteiger partial charge in [0.1, 0.15) is 11.6 Å². The van der Waals surface area contributed by atoms with Crippen LogP contribution in [0.2, 0.25) is 0 Å². The van der Waals surface area contributed by atoms with E-state index in [4.69, 9.17) is 0 Å². The minimum atomic E-state index is 0.106.